The second-order valence-corrected chi connectivity index (χ2v) is 5.45. The van der Waals surface area contributed by atoms with Gasteiger partial charge in [0.2, 0.25) is 0 Å². The predicted octanol–water partition coefficient (Wildman–Crippen LogP) is 3.54. The van der Waals surface area contributed by atoms with Crippen molar-refractivity contribution in [3.8, 4) is 0 Å². The summed E-state index contributed by atoms with van der Waals surface area (Å²) in [5, 5.41) is 0. The number of ether oxygens (including phenoxy) is 1. The summed E-state index contributed by atoms with van der Waals surface area (Å²) in [5.74, 6) is 0.377. The van der Waals surface area contributed by atoms with Crippen molar-refractivity contribution in [3.05, 3.63) is 66.3 Å². The van der Waals surface area contributed by atoms with Gasteiger partial charge in [0, 0.05) is 12.5 Å². The molecule has 0 aromatic heterocycles. The molecule has 0 atom stereocenters. The Bertz CT molecular complexity index is 446. The van der Waals surface area contributed by atoms with E-state index in [1.807, 2.05) is 0 Å². The van der Waals surface area contributed by atoms with Crippen molar-refractivity contribution in [2.75, 3.05) is 26.2 Å². The molecule has 2 aliphatic rings. The van der Waals surface area contributed by atoms with Crippen LogP contribution in [0.15, 0.2) is 54.6 Å². The fourth-order valence-corrected chi connectivity index (χ4v) is 2.81. The van der Waals surface area contributed by atoms with E-state index < -0.39 is 0 Å². The molecule has 105 valence electrons. The van der Waals surface area contributed by atoms with Gasteiger partial charge in [-0.05, 0) is 43.6 Å². The maximum atomic E-state index is 5.83. The van der Waals surface area contributed by atoms with Crippen molar-refractivity contribution >= 4 is 0 Å². The SMILES string of the molecule is C1=CC(c2ccccc2)C=C[C]1OCCN1CCCC1. The summed E-state index contributed by atoms with van der Waals surface area (Å²) in [6.45, 7) is 4.31. The molecule has 1 radical (unpaired) electrons. The van der Waals surface area contributed by atoms with Gasteiger partial charge in [-0.15, -0.1) is 0 Å². The van der Waals surface area contributed by atoms with Crippen LogP contribution >= 0.6 is 0 Å². The van der Waals surface area contributed by atoms with Crippen molar-refractivity contribution in [2.24, 2.45) is 0 Å². The standard InChI is InChI=1S/C18H22NO/c1-2-6-16(7-3-1)17-8-10-18(11-9-17)20-15-14-19-12-4-5-13-19/h1-3,6-11,17H,4-5,12-15H2. The summed E-state index contributed by atoms with van der Waals surface area (Å²) in [7, 11) is 0. The number of allylic oxidation sites excluding steroid dienone is 2. The Balaban J connectivity index is 1.44. The van der Waals surface area contributed by atoms with Crippen LogP contribution < -0.4 is 0 Å². The Hall–Kier alpha value is -1.38. The Morgan fingerprint density at radius 3 is 2.40 bits per heavy atom. The van der Waals surface area contributed by atoms with Crippen LogP contribution in [0.1, 0.15) is 24.3 Å². The Morgan fingerprint density at radius 2 is 1.70 bits per heavy atom. The molecule has 2 heteroatoms. The van der Waals surface area contributed by atoms with Gasteiger partial charge in [0.1, 0.15) is 6.10 Å². The summed E-state index contributed by atoms with van der Waals surface area (Å²) >= 11 is 0. The molecule has 1 heterocycles. The van der Waals surface area contributed by atoms with Gasteiger partial charge in [0.25, 0.3) is 0 Å². The van der Waals surface area contributed by atoms with Crippen molar-refractivity contribution in [2.45, 2.75) is 18.8 Å². The third kappa shape index (κ3) is 3.59. The third-order valence-electron chi connectivity index (χ3n) is 4.00. The zero-order valence-corrected chi connectivity index (χ0v) is 11.9. The van der Waals surface area contributed by atoms with Crippen LogP contribution in [0.4, 0.5) is 0 Å². The molecule has 1 aliphatic heterocycles. The molecule has 0 amide bonds. The molecule has 0 bridgehead atoms. The zero-order chi connectivity index (χ0) is 13.6. The lowest BCUT2D eigenvalue weighted by molar-refractivity contribution is 0.149. The van der Waals surface area contributed by atoms with Gasteiger partial charge in [-0.25, -0.2) is 0 Å². The van der Waals surface area contributed by atoms with Crippen LogP contribution in [0.5, 0.6) is 0 Å². The molecule has 0 N–H and O–H groups in total. The maximum absolute atomic E-state index is 5.83. The first kappa shape index (κ1) is 13.6. The minimum Gasteiger partial charge on any atom is -0.362 e. The highest BCUT2D eigenvalue weighted by Gasteiger charge is 2.14. The van der Waals surface area contributed by atoms with E-state index in [4.69, 9.17) is 4.74 Å². The highest BCUT2D eigenvalue weighted by atomic mass is 16.5. The largest absolute Gasteiger partial charge is 0.362 e. The molecule has 0 unspecified atom stereocenters. The second kappa shape index (κ2) is 6.87. The number of rotatable bonds is 5. The van der Waals surface area contributed by atoms with Gasteiger partial charge < -0.3 is 9.64 Å². The molecule has 0 saturated carbocycles. The van der Waals surface area contributed by atoms with Gasteiger partial charge in [-0.1, -0.05) is 42.5 Å². The maximum Gasteiger partial charge on any atom is 0.141 e. The minimum absolute atomic E-state index is 0.377. The molecule has 20 heavy (non-hydrogen) atoms. The fraction of sp³-hybridized carbons (Fsp3) is 0.389. The number of hydrogen-bond donors (Lipinski definition) is 0. The van der Waals surface area contributed by atoms with Crippen LogP contribution in [-0.2, 0) is 4.74 Å². The molecule has 1 aliphatic carbocycles. The minimum atomic E-state index is 0.377. The highest BCUT2D eigenvalue weighted by Crippen LogP contribution is 2.25. The van der Waals surface area contributed by atoms with Crippen molar-refractivity contribution in [1.82, 2.24) is 4.90 Å². The van der Waals surface area contributed by atoms with Gasteiger partial charge >= 0.3 is 0 Å². The van der Waals surface area contributed by atoms with E-state index in [2.05, 4.69) is 59.5 Å². The number of benzene rings is 1. The van der Waals surface area contributed by atoms with E-state index in [9.17, 15) is 0 Å². The Labute approximate surface area is 121 Å². The molecule has 3 rings (SSSR count). The summed E-state index contributed by atoms with van der Waals surface area (Å²) < 4.78 is 5.83. The quantitative estimate of drug-likeness (QED) is 0.810. The van der Waals surface area contributed by atoms with Crippen LogP contribution in [-0.4, -0.2) is 31.1 Å². The average Bonchev–Trinajstić information content (AvgIpc) is 3.02. The van der Waals surface area contributed by atoms with Crippen LogP contribution in [0.25, 0.3) is 0 Å². The normalized spacial score (nSPS) is 20.8. The lowest BCUT2D eigenvalue weighted by Crippen LogP contribution is -2.24. The second-order valence-electron chi connectivity index (χ2n) is 5.45. The summed E-state index contributed by atoms with van der Waals surface area (Å²) in [4.78, 5) is 2.48. The Morgan fingerprint density at radius 1 is 1.00 bits per heavy atom. The first-order valence-electron chi connectivity index (χ1n) is 7.55. The van der Waals surface area contributed by atoms with Crippen molar-refractivity contribution in [1.29, 1.82) is 0 Å². The molecule has 1 aromatic rings. The molecular formula is C18H22NO. The number of hydrogen-bond acceptors (Lipinski definition) is 2. The predicted molar refractivity (Wildman–Crippen MR) is 82.3 cm³/mol. The number of nitrogens with zero attached hydrogens (tertiary/aromatic N) is 1. The molecular weight excluding hydrogens is 246 g/mol. The zero-order valence-electron chi connectivity index (χ0n) is 11.9. The molecule has 1 saturated heterocycles. The van der Waals surface area contributed by atoms with Crippen LogP contribution in [0.3, 0.4) is 0 Å². The fourth-order valence-electron chi connectivity index (χ4n) is 2.81. The smallest absolute Gasteiger partial charge is 0.141 e. The lowest BCUT2D eigenvalue weighted by Gasteiger charge is -2.19. The molecule has 2 nitrogen and oxygen atoms in total. The van der Waals surface area contributed by atoms with Crippen LogP contribution in [0.2, 0.25) is 0 Å². The summed E-state index contributed by atoms with van der Waals surface area (Å²) in [6.07, 6.45) is 12.3. The topological polar surface area (TPSA) is 12.5 Å². The lowest BCUT2D eigenvalue weighted by atomic mass is 9.94. The van der Waals surface area contributed by atoms with Gasteiger partial charge in [-0.3, -0.25) is 0 Å². The Kier molecular flexibility index (Phi) is 4.67. The average molecular weight is 268 g/mol. The summed E-state index contributed by atoms with van der Waals surface area (Å²) in [5.41, 5.74) is 1.33. The van der Waals surface area contributed by atoms with E-state index >= 15 is 0 Å². The third-order valence-corrected chi connectivity index (χ3v) is 4.00. The first-order valence-corrected chi connectivity index (χ1v) is 7.55. The molecule has 0 spiro atoms. The van der Waals surface area contributed by atoms with Crippen LogP contribution in [0, 0.1) is 6.10 Å². The molecule has 1 fully saturated rings. The van der Waals surface area contributed by atoms with E-state index in [1.54, 1.807) is 0 Å². The van der Waals surface area contributed by atoms with Gasteiger partial charge in [0.05, 0.1) is 6.61 Å². The highest BCUT2D eigenvalue weighted by molar-refractivity contribution is 5.36. The van der Waals surface area contributed by atoms with E-state index in [1.165, 1.54) is 31.5 Å². The van der Waals surface area contributed by atoms with Gasteiger partial charge in [-0.2, -0.15) is 0 Å². The van der Waals surface area contributed by atoms with Crippen molar-refractivity contribution in [3.63, 3.8) is 0 Å². The van der Waals surface area contributed by atoms with Crippen molar-refractivity contribution < 1.29 is 4.74 Å². The first-order chi connectivity index (χ1) is 9.92. The molecule has 1 aromatic carbocycles. The van der Waals surface area contributed by atoms with E-state index in [0.29, 0.717) is 5.92 Å². The van der Waals surface area contributed by atoms with E-state index in [0.717, 1.165) is 19.3 Å². The van der Waals surface area contributed by atoms with E-state index in [-0.39, 0.29) is 0 Å². The number of likely N-dealkylation sites (tertiary alicyclic amines) is 1. The monoisotopic (exact) mass is 268 g/mol. The summed E-state index contributed by atoms with van der Waals surface area (Å²) in [6, 6.07) is 10.6. The van der Waals surface area contributed by atoms with Gasteiger partial charge in [0.15, 0.2) is 0 Å².